The molecule has 0 fully saturated rings. The first-order chi connectivity index (χ1) is 5.24. The van der Waals surface area contributed by atoms with E-state index in [2.05, 4.69) is 4.98 Å². The zero-order valence-corrected chi connectivity index (χ0v) is 6.80. The van der Waals surface area contributed by atoms with Gasteiger partial charge in [0.05, 0.1) is 10.8 Å². The fraction of sp³-hybridized carbons (Fsp3) is 0.143. The maximum Gasteiger partial charge on any atom is 0.151 e. The van der Waals surface area contributed by atoms with Crippen molar-refractivity contribution in [2.75, 3.05) is 6.26 Å². The van der Waals surface area contributed by atoms with Crippen LogP contribution in [0.5, 0.6) is 0 Å². The van der Waals surface area contributed by atoms with E-state index in [4.69, 9.17) is 0 Å². The average Bonchev–Trinajstić information content (AvgIpc) is 2.05. The normalized spacial score (nSPS) is 12.5. The van der Waals surface area contributed by atoms with Gasteiger partial charge in [0, 0.05) is 18.0 Å². The second kappa shape index (κ2) is 3.39. The van der Waals surface area contributed by atoms with Crippen LogP contribution in [0.1, 0.15) is 10.4 Å². The number of pyridine rings is 1. The Morgan fingerprint density at radius 2 is 2.27 bits per heavy atom. The van der Waals surface area contributed by atoms with E-state index in [1.54, 1.807) is 18.4 Å². The Morgan fingerprint density at radius 1 is 1.55 bits per heavy atom. The standard InChI is InChI=1S/C7H7NO2S/c1-11(10)7-3-2-6(5-9)4-8-7/h2-5H,1H3/t11-/m1/s1. The number of nitrogens with zero attached hydrogens (tertiary/aromatic N) is 1. The molecule has 4 heteroatoms. The molecule has 1 aromatic rings. The maximum atomic E-state index is 10.8. The molecule has 3 nitrogen and oxygen atoms in total. The maximum absolute atomic E-state index is 10.8. The fourth-order valence-corrected chi connectivity index (χ4v) is 1.09. The third-order valence-electron chi connectivity index (χ3n) is 1.19. The van der Waals surface area contributed by atoms with E-state index in [-0.39, 0.29) is 0 Å². The molecule has 0 saturated heterocycles. The van der Waals surface area contributed by atoms with Crippen molar-refractivity contribution in [3.63, 3.8) is 0 Å². The zero-order chi connectivity index (χ0) is 8.27. The molecule has 1 rings (SSSR count). The summed E-state index contributed by atoms with van der Waals surface area (Å²) in [5, 5.41) is 0.496. The van der Waals surface area contributed by atoms with Crippen molar-refractivity contribution in [3.8, 4) is 0 Å². The summed E-state index contributed by atoms with van der Waals surface area (Å²) >= 11 is 0. The van der Waals surface area contributed by atoms with Crippen molar-refractivity contribution >= 4 is 17.1 Å². The molecule has 1 atom stereocenters. The van der Waals surface area contributed by atoms with Gasteiger partial charge in [0.15, 0.2) is 6.29 Å². The number of hydrogen-bond donors (Lipinski definition) is 0. The van der Waals surface area contributed by atoms with Crippen molar-refractivity contribution in [3.05, 3.63) is 23.9 Å². The molecular formula is C7H7NO2S. The highest BCUT2D eigenvalue weighted by Gasteiger charge is 1.97. The Bertz CT molecular complexity index is 281. The topological polar surface area (TPSA) is 47.0 Å². The zero-order valence-electron chi connectivity index (χ0n) is 5.98. The van der Waals surface area contributed by atoms with Crippen LogP contribution in [-0.2, 0) is 10.8 Å². The van der Waals surface area contributed by atoms with Gasteiger partial charge in [-0.25, -0.2) is 4.98 Å². The Morgan fingerprint density at radius 3 is 2.64 bits per heavy atom. The van der Waals surface area contributed by atoms with Crippen LogP contribution in [0.2, 0.25) is 0 Å². The molecule has 0 unspecified atom stereocenters. The molecule has 0 N–H and O–H groups in total. The fourth-order valence-electron chi connectivity index (χ4n) is 0.631. The van der Waals surface area contributed by atoms with E-state index >= 15 is 0 Å². The lowest BCUT2D eigenvalue weighted by molar-refractivity contribution is 0.112. The first kappa shape index (κ1) is 8.07. The molecule has 11 heavy (non-hydrogen) atoms. The van der Waals surface area contributed by atoms with E-state index in [9.17, 15) is 9.00 Å². The molecule has 0 aliphatic carbocycles. The minimum absolute atomic E-state index is 0.496. The van der Waals surface area contributed by atoms with Gasteiger partial charge in [-0.3, -0.25) is 9.00 Å². The highest BCUT2D eigenvalue weighted by atomic mass is 32.2. The summed E-state index contributed by atoms with van der Waals surface area (Å²) in [7, 11) is -1.07. The molecule has 1 aromatic heterocycles. The summed E-state index contributed by atoms with van der Waals surface area (Å²) < 4.78 is 10.8. The van der Waals surface area contributed by atoms with Crippen LogP contribution in [0.25, 0.3) is 0 Å². The third kappa shape index (κ3) is 1.94. The summed E-state index contributed by atoms with van der Waals surface area (Å²) in [6.45, 7) is 0. The molecular weight excluding hydrogens is 162 g/mol. The molecule has 0 aromatic carbocycles. The van der Waals surface area contributed by atoms with Crippen LogP contribution in [-0.4, -0.2) is 21.7 Å². The molecule has 0 spiro atoms. The van der Waals surface area contributed by atoms with Crippen LogP contribution in [0, 0.1) is 0 Å². The lowest BCUT2D eigenvalue weighted by atomic mass is 10.3. The van der Waals surface area contributed by atoms with Gasteiger partial charge in [0.25, 0.3) is 0 Å². The van der Waals surface area contributed by atoms with Crippen LogP contribution >= 0.6 is 0 Å². The van der Waals surface area contributed by atoms with Gasteiger partial charge in [-0.2, -0.15) is 0 Å². The highest BCUT2D eigenvalue weighted by Crippen LogP contribution is 2.00. The molecule has 0 aliphatic heterocycles. The molecule has 58 valence electrons. The predicted octanol–water partition coefficient (Wildman–Crippen LogP) is 0.632. The van der Waals surface area contributed by atoms with Gasteiger partial charge >= 0.3 is 0 Å². The van der Waals surface area contributed by atoms with Crippen molar-refractivity contribution in [2.45, 2.75) is 5.03 Å². The minimum atomic E-state index is -1.07. The quantitative estimate of drug-likeness (QED) is 0.610. The van der Waals surface area contributed by atoms with Crippen molar-refractivity contribution < 1.29 is 9.00 Å². The molecule has 0 aliphatic rings. The van der Waals surface area contributed by atoms with Crippen molar-refractivity contribution in [2.24, 2.45) is 0 Å². The van der Waals surface area contributed by atoms with E-state index in [0.717, 1.165) is 0 Å². The largest absolute Gasteiger partial charge is 0.298 e. The molecule has 0 bridgehead atoms. The monoisotopic (exact) mass is 169 g/mol. The van der Waals surface area contributed by atoms with E-state index in [1.165, 1.54) is 6.20 Å². The van der Waals surface area contributed by atoms with E-state index < -0.39 is 10.8 Å². The Balaban J connectivity index is 3.00. The lowest BCUT2D eigenvalue weighted by Crippen LogP contribution is -1.92. The van der Waals surface area contributed by atoms with Crippen molar-refractivity contribution in [1.29, 1.82) is 0 Å². The lowest BCUT2D eigenvalue weighted by Gasteiger charge is -1.93. The highest BCUT2D eigenvalue weighted by molar-refractivity contribution is 7.84. The summed E-state index contributed by atoms with van der Waals surface area (Å²) in [5.74, 6) is 0. The van der Waals surface area contributed by atoms with Gasteiger partial charge in [-0.05, 0) is 12.1 Å². The van der Waals surface area contributed by atoms with Gasteiger partial charge in [0.2, 0.25) is 0 Å². The predicted molar refractivity (Wildman–Crippen MR) is 42.0 cm³/mol. The van der Waals surface area contributed by atoms with E-state index in [1.807, 2.05) is 0 Å². The number of aldehydes is 1. The van der Waals surface area contributed by atoms with E-state index in [0.29, 0.717) is 16.9 Å². The van der Waals surface area contributed by atoms with Gasteiger partial charge in [-0.15, -0.1) is 0 Å². The second-order valence-electron chi connectivity index (χ2n) is 2.00. The smallest absolute Gasteiger partial charge is 0.151 e. The third-order valence-corrected chi connectivity index (χ3v) is 2.02. The summed E-state index contributed by atoms with van der Waals surface area (Å²) in [6, 6.07) is 3.18. The SMILES string of the molecule is C[S@@](=O)c1ccc(C=O)cn1. The molecule has 0 saturated carbocycles. The number of aromatic nitrogens is 1. The van der Waals surface area contributed by atoms with Gasteiger partial charge < -0.3 is 0 Å². The summed E-state index contributed by atoms with van der Waals surface area (Å²) in [4.78, 5) is 14.0. The van der Waals surface area contributed by atoms with Crippen LogP contribution in [0.4, 0.5) is 0 Å². The Kier molecular flexibility index (Phi) is 2.48. The van der Waals surface area contributed by atoms with Gasteiger partial charge in [0.1, 0.15) is 5.03 Å². The number of carbonyl (C=O) groups is 1. The van der Waals surface area contributed by atoms with Crippen molar-refractivity contribution in [1.82, 2.24) is 4.98 Å². The molecule has 0 radical (unpaired) electrons. The minimum Gasteiger partial charge on any atom is -0.298 e. The summed E-state index contributed by atoms with van der Waals surface area (Å²) in [6.07, 6.45) is 3.65. The second-order valence-corrected chi connectivity index (χ2v) is 3.33. The van der Waals surface area contributed by atoms with Crippen LogP contribution < -0.4 is 0 Å². The average molecular weight is 169 g/mol. The van der Waals surface area contributed by atoms with Crippen LogP contribution in [0.15, 0.2) is 23.4 Å². The first-order valence-electron chi connectivity index (χ1n) is 2.98. The Labute approximate surface area is 66.9 Å². The Hall–Kier alpha value is -1.03. The molecule has 1 heterocycles. The van der Waals surface area contributed by atoms with Crippen LogP contribution in [0.3, 0.4) is 0 Å². The number of carbonyl (C=O) groups excluding carboxylic acids is 1. The number of hydrogen-bond acceptors (Lipinski definition) is 3. The molecule has 0 amide bonds. The summed E-state index contributed by atoms with van der Waals surface area (Å²) in [5.41, 5.74) is 0.499. The number of rotatable bonds is 2. The van der Waals surface area contributed by atoms with Gasteiger partial charge in [-0.1, -0.05) is 0 Å². The first-order valence-corrected chi connectivity index (χ1v) is 4.54.